The number of carbonyl (C=O) groups excluding carboxylic acids is 1. The highest BCUT2D eigenvalue weighted by Crippen LogP contribution is 2.19. The van der Waals surface area contributed by atoms with Gasteiger partial charge in [0.1, 0.15) is 0 Å². The maximum absolute atomic E-state index is 13.0. The first-order valence-corrected chi connectivity index (χ1v) is 10.4. The number of fused-ring (bicyclic) bond motifs is 1. The minimum Gasteiger partial charge on any atom is -0.376 e. The Labute approximate surface area is 179 Å². The molecule has 2 aromatic carbocycles. The summed E-state index contributed by atoms with van der Waals surface area (Å²) in [5.41, 5.74) is 2.83. The summed E-state index contributed by atoms with van der Waals surface area (Å²) in [6.45, 7) is 3.31. The third-order valence-corrected chi connectivity index (χ3v) is 5.48. The Kier molecular flexibility index (Phi) is 6.06. The molecule has 1 saturated heterocycles. The van der Waals surface area contributed by atoms with E-state index >= 15 is 0 Å². The van der Waals surface area contributed by atoms with E-state index < -0.39 is 0 Å². The van der Waals surface area contributed by atoms with Crippen LogP contribution in [-0.2, 0) is 11.3 Å². The fourth-order valence-electron chi connectivity index (χ4n) is 3.72. The number of ether oxygens (including phenoxy) is 1. The van der Waals surface area contributed by atoms with Gasteiger partial charge in [-0.05, 0) is 61.5 Å². The number of rotatable bonds is 5. The van der Waals surface area contributed by atoms with Crippen molar-refractivity contribution in [2.45, 2.75) is 32.4 Å². The number of nitrogens with one attached hydrogen (secondary N) is 2. The molecule has 156 valence electrons. The second-order valence-corrected chi connectivity index (χ2v) is 8.11. The molecule has 0 spiro atoms. The van der Waals surface area contributed by atoms with Crippen LogP contribution < -0.4 is 10.9 Å². The van der Waals surface area contributed by atoms with Gasteiger partial charge in [-0.3, -0.25) is 4.79 Å². The number of aromatic nitrogens is 1. The van der Waals surface area contributed by atoms with Gasteiger partial charge in [0.25, 0.3) is 5.56 Å². The molecule has 0 saturated carbocycles. The third-order valence-electron chi connectivity index (χ3n) is 5.25. The molecule has 1 aliphatic rings. The second-order valence-electron chi connectivity index (χ2n) is 7.67. The number of benzene rings is 2. The molecule has 1 aliphatic heterocycles. The Balaban J connectivity index is 1.60. The summed E-state index contributed by atoms with van der Waals surface area (Å²) in [5.74, 6) is 0. The van der Waals surface area contributed by atoms with Gasteiger partial charge in [0.05, 0.1) is 12.6 Å². The smallest absolute Gasteiger partial charge is 0.322 e. The van der Waals surface area contributed by atoms with Crippen LogP contribution in [0.2, 0.25) is 5.02 Å². The molecule has 2 amide bonds. The molecular formula is C23H24ClN3O3. The van der Waals surface area contributed by atoms with Crippen molar-refractivity contribution >= 4 is 34.2 Å². The molecule has 3 aromatic rings. The number of amides is 2. The van der Waals surface area contributed by atoms with Crippen molar-refractivity contribution in [1.29, 1.82) is 0 Å². The van der Waals surface area contributed by atoms with Gasteiger partial charge in [-0.1, -0.05) is 29.3 Å². The first-order chi connectivity index (χ1) is 14.5. The highest BCUT2D eigenvalue weighted by atomic mass is 35.5. The predicted molar refractivity (Wildman–Crippen MR) is 119 cm³/mol. The molecule has 6 nitrogen and oxygen atoms in total. The summed E-state index contributed by atoms with van der Waals surface area (Å²) < 4.78 is 5.73. The molecule has 1 aromatic heterocycles. The molecular weight excluding hydrogens is 402 g/mol. The summed E-state index contributed by atoms with van der Waals surface area (Å²) in [6, 6.07) is 14.4. The summed E-state index contributed by atoms with van der Waals surface area (Å²) in [6.07, 6.45) is 1.84. The SMILES string of the molecule is Cc1ccc2[nH]c(=O)c(CN(C[C@H]3CCCO3)C(=O)Nc3cccc(Cl)c3)cc2c1. The Morgan fingerprint density at radius 2 is 2.13 bits per heavy atom. The van der Waals surface area contributed by atoms with Crippen molar-refractivity contribution in [3.05, 3.63) is 75.0 Å². The maximum atomic E-state index is 13.0. The maximum Gasteiger partial charge on any atom is 0.322 e. The number of hydrogen-bond donors (Lipinski definition) is 2. The number of hydrogen-bond acceptors (Lipinski definition) is 3. The molecule has 0 unspecified atom stereocenters. The predicted octanol–water partition coefficient (Wildman–Crippen LogP) is 4.70. The summed E-state index contributed by atoms with van der Waals surface area (Å²) in [7, 11) is 0. The van der Waals surface area contributed by atoms with E-state index in [9.17, 15) is 9.59 Å². The molecule has 1 fully saturated rings. The van der Waals surface area contributed by atoms with Crippen LogP contribution in [0.3, 0.4) is 0 Å². The number of anilines is 1. The number of halogens is 1. The van der Waals surface area contributed by atoms with Crippen LogP contribution in [-0.4, -0.2) is 35.2 Å². The number of urea groups is 1. The Morgan fingerprint density at radius 1 is 1.27 bits per heavy atom. The lowest BCUT2D eigenvalue weighted by molar-refractivity contribution is 0.0818. The third kappa shape index (κ3) is 4.83. The average molecular weight is 426 g/mol. The van der Waals surface area contributed by atoms with Crippen molar-refractivity contribution < 1.29 is 9.53 Å². The lowest BCUT2D eigenvalue weighted by Gasteiger charge is -2.26. The molecule has 0 bridgehead atoms. The van der Waals surface area contributed by atoms with Gasteiger partial charge in [0.2, 0.25) is 0 Å². The highest BCUT2D eigenvalue weighted by Gasteiger charge is 2.24. The normalized spacial score (nSPS) is 16.0. The number of carbonyl (C=O) groups is 1. The van der Waals surface area contributed by atoms with Crippen molar-refractivity contribution in [3.8, 4) is 0 Å². The van der Waals surface area contributed by atoms with E-state index in [1.807, 2.05) is 31.2 Å². The van der Waals surface area contributed by atoms with E-state index in [2.05, 4.69) is 10.3 Å². The first kappa shape index (κ1) is 20.4. The average Bonchev–Trinajstić information content (AvgIpc) is 3.21. The lowest BCUT2D eigenvalue weighted by Crippen LogP contribution is -2.40. The van der Waals surface area contributed by atoms with E-state index in [-0.39, 0.29) is 24.2 Å². The van der Waals surface area contributed by atoms with E-state index in [1.165, 1.54) is 0 Å². The minimum atomic E-state index is -0.295. The summed E-state index contributed by atoms with van der Waals surface area (Å²) in [4.78, 5) is 30.2. The monoisotopic (exact) mass is 425 g/mol. The van der Waals surface area contributed by atoms with Crippen molar-refractivity contribution in [1.82, 2.24) is 9.88 Å². The highest BCUT2D eigenvalue weighted by molar-refractivity contribution is 6.30. The van der Waals surface area contributed by atoms with Gasteiger partial charge in [-0.25, -0.2) is 4.79 Å². The van der Waals surface area contributed by atoms with E-state index in [4.69, 9.17) is 16.3 Å². The van der Waals surface area contributed by atoms with Crippen LogP contribution in [0.15, 0.2) is 53.3 Å². The largest absolute Gasteiger partial charge is 0.376 e. The molecule has 2 heterocycles. The molecule has 0 radical (unpaired) electrons. The molecule has 1 atom stereocenters. The molecule has 30 heavy (non-hydrogen) atoms. The quantitative estimate of drug-likeness (QED) is 0.622. The number of H-pyrrole nitrogens is 1. The molecule has 2 N–H and O–H groups in total. The van der Waals surface area contributed by atoms with E-state index in [0.717, 1.165) is 29.3 Å². The van der Waals surface area contributed by atoms with Crippen LogP contribution >= 0.6 is 11.6 Å². The van der Waals surface area contributed by atoms with Gasteiger partial charge >= 0.3 is 6.03 Å². The van der Waals surface area contributed by atoms with Crippen molar-refractivity contribution in [3.63, 3.8) is 0 Å². The zero-order valence-corrected chi connectivity index (χ0v) is 17.5. The zero-order chi connectivity index (χ0) is 21.1. The number of aryl methyl sites for hydroxylation is 1. The minimum absolute atomic E-state index is 0.0307. The van der Waals surface area contributed by atoms with E-state index in [1.54, 1.807) is 29.2 Å². The number of aromatic amines is 1. The van der Waals surface area contributed by atoms with Crippen molar-refractivity contribution in [2.24, 2.45) is 0 Å². The number of nitrogens with zero attached hydrogens (tertiary/aromatic N) is 1. The molecule has 0 aliphatic carbocycles. The van der Waals surface area contributed by atoms with Crippen molar-refractivity contribution in [2.75, 3.05) is 18.5 Å². The topological polar surface area (TPSA) is 74.4 Å². The lowest BCUT2D eigenvalue weighted by atomic mass is 10.1. The summed E-state index contributed by atoms with van der Waals surface area (Å²) in [5, 5.41) is 4.36. The van der Waals surface area contributed by atoms with Gasteiger partial charge in [-0.15, -0.1) is 0 Å². The van der Waals surface area contributed by atoms with Gasteiger partial charge < -0.3 is 19.9 Å². The summed E-state index contributed by atoms with van der Waals surface area (Å²) >= 11 is 6.03. The fourth-order valence-corrected chi connectivity index (χ4v) is 3.91. The van der Waals surface area contributed by atoms with Gasteiger partial charge in [0.15, 0.2) is 0 Å². The molecule has 7 heteroatoms. The zero-order valence-electron chi connectivity index (χ0n) is 16.8. The Bertz CT molecular complexity index is 1120. The van der Waals surface area contributed by atoms with Crippen LogP contribution in [0, 0.1) is 6.92 Å². The van der Waals surface area contributed by atoms with Crippen LogP contribution in [0.5, 0.6) is 0 Å². The van der Waals surface area contributed by atoms with Gasteiger partial charge in [-0.2, -0.15) is 0 Å². The standard InChI is InChI=1S/C23H24ClN3O3/c1-15-7-8-21-16(10-15)11-17(22(28)26-21)13-27(14-20-6-3-9-30-20)23(29)25-19-5-2-4-18(24)12-19/h2,4-5,7-8,10-12,20H,3,6,9,13-14H2,1H3,(H,25,29)(H,26,28)/t20-/m1/s1. The van der Waals surface area contributed by atoms with Crippen LogP contribution in [0.25, 0.3) is 10.9 Å². The first-order valence-electron chi connectivity index (χ1n) is 10.0. The number of pyridine rings is 1. The fraction of sp³-hybridized carbons (Fsp3) is 0.304. The Morgan fingerprint density at radius 3 is 2.90 bits per heavy atom. The Hall–Kier alpha value is -2.83. The second kappa shape index (κ2) is 8.90. The molecule has 4 rings (SSSR count). The van der Waals surface area contributed by atoms with Crippen LogP contribution in [0.1, 0.15) is 24.0 Å². The van der Waals surface area contributed by atoms with E-state index in [0.29, 0.717) is 29.4 Å². The van der Waals surface area contributed by atoms with Crippen LogP contribution in [0.4, 0.5) is 10.5 Å². The van der Waals surface area contributed by atoms with Gasteiger partial charge in [0, 0.05) is 34.9 Å².